The molecule has 27 heteroatoms. The Morgan fingerprint density at radius 1 is 0.518 bits per heavy atom. The van der Waals surface area contributed by atoms with Gasteiger partial charge in [-0.3, -0.25) is 33.6 Å². The number of benzene rings is 8. The Kier molecular flexibility index (Phi) is 29.0. The summed E-state index contributed by atoms with van der Waals surface area (Å²) in [4.78, 5) is 125. The second-order valence-electron chi connectivity index (χ2n) is 28.1. The summed E-state index contributed by atoms with van der Waals surface area (Å²) in [6, 6.07) is 58.3. The van der Waals surface area contributed by atoms with Crippen LogP contribution in [0.15, 0.2) is 218 Å². The van der Waals surface area contributed by atoms with Crippen molar-refractivity contribution in [3.8, 4) is 0 Å². The molecule has 13 rings (SSSR count). The number of nitrogens with one attached hydrogen (secondary N) is 7. The number of anilines is 3. The fourth-order valence-corrected chi connectivity index (χ4v) is 12.3. The molecule has 4 aromatic heterocycles. The molecule has 0 aliphatic carbocycles. The molecule has 8 aromatic carbocycles. The van der Waals surface area contributed by atoms with Gasteiger partial charge in [0.05, 0.1) is 85.2 Å². The first kappa shape index (κ1) is 84.2. The summed E-state index contributed by atoms with van der Waals surface area (Å²) in [6.45, 7) is 16.3. The van der Waals surface area contributed by atoms with Crippen LogP contribution in [0.3, 0.4) is 0 Å². The molecule has 1 aliphatic rings. The van der Waals surface area contributed by atoms with E-state index in [1.807, 2.05) is 187 Å². The second kappa shape index (κ2) is 38.6. The summed E-state index contributed by atoms with van der Waals surface area (Å²) >= 11 is 0. The van der Waals surface area contributed by atoms with Crippen molar-refractivity contribution in [2.75, 3.05) is 62.9 Å². The van der Waals surface area contributed by atoms with Crippen LogP contribution in [0.1, 0.15) is 108 Å². The third-order valence-electron chi connectivity index (χ3n) is 17.9. The van der Waals surface area contributed by atoms with Crippen molar-refractivity contribution >= 4 is 102 Å². The Morgan fingerprint density at radius 3 is 1.30 bits per heavy atom. The quantitative estimate of drug-likeness (QED) is 0.0161. The molecule has 0 spiro atoms. The van der Waals surface area contributed by atoms with Crippen LogP contribution in [-0.4, -0.2) is 129 Å². The van der Waals surface area contributed by atoms with Crippen molar-refractivity contribution in [1.29, 1.82) is 0 Å². The number of H-pyrrole nitrogens is 4. The van der Waals surface area contributed by atoms with Crippen LogP contribution < -0.4 is 48.8 Å². The van der Waals surface area contributed by atoms with Gasteiger partial charge < -0.3 is 36.1 Å². The van der Waals surface area contributed by atoms with Gasteiger partial charge in [-0.25, -0.2) is 39.7 Å². The molecule has 1 saturated heterocycles. The van der Waals surface area contributed by atoms with E-state index in [-0.39, 0.29) is 60.1 Å². The van der Waals surface area contributed by atoms with Gasteiger partial charge in [-0.1, -0.05) is 129 Å². The van der Waals surface area contributed by atoms with E-state index in [0.29, 0.717) is 90.6 Å². The van der Waals surface area contributed by atoms with E-state index in [4.69, 9.17) is 15.2 Å². The minimum Gasteiger partial charge on any atom is -0.466 e. The van der Waals surface area contributed by atoms with E-state index < -0.39 is 22.3 Å². The third-order valence-corrected chi connectivity index (χ3v) is 17.9. The molecule has 9 N–H and O–H groups in total. The Bertz CT molecular complexity index is 5670. The third kappa shape index (κ3) is 21.9. The number of aliphatic imine (C=N–C) groups is 1. The zero-order chi connectivity index (χ0) is 80.0. The van der Waals surface area contributed by atoms with Gasteiger partial charge in [0, 0.05) is 85.3 Å². The Balaban J connectivity index is 0.000000181. The summed E-state index contributed by atoms with van der Waals surface area (Å²) < 4.78 is 9.91. The first-order valence-electron chi connectivity index (χ1n) is 35.8. The number of aromatic nitrogens is 8. The lowest BCUT2D eigenvalue weighted by atomic mass is 9.89. The second-order valence-corrected chi connectivity index (χ2v) is 28.1. The van der Waals surface area contributed by atoms with Crippen LogP contribution in [0, 0.1) is 16.2 Å². The molecule has 0 radical (unpaired) electrons. The maximum Gasteiger partial charge on any atom is 0.331 e. The minimum atomic E-state index is -0.827. The number of imide groups is 1. The van der Waals surface area contributed by atoms with Crippen LogP contribution in [0.2, 0.25) is 0 Å². The van der Waals surface area contributed by atoms with Crippen LogP contribution in [0.4, 0.5) is 32.3 Å². The van der Waals surface area contributed by atoms with Gasteiger partial charge in [0.1, 0.15) is 0 Å². The van der Waals surface area contributed by atoms with Crippen molar-refractivity contribution < 1.29 is 38.2 Å². The van der Waals surface area contributed by atoms with Gasteiger partial charge in [-0.2, -0.15) is 25.4 Å². The number of esters is 2. The van der Waals surface area contributed by atoms with Gasteiger partial charge in [-0.15, -0.1) is 0 Å². The molecular weight excluding hydrogens is 1420 g/mol. The standard InChI is InChI=1S/C23H26N4O4.C22H22N4O3.C16H11N3O2.C15H13N3O.C8H17NO2.CH4/c1-4-31-21(29)23(2,3)14-24-22(30)25-16-9-7-8-15(12-16)13-19-17-10-5-6-11-18(17)20(28)27-26-19;1-22(2)13-25(3)21(29)26(20(22)28)15-8-6-7-14(11-15)12-18-16-9-4-5-10-17(16)19(27)24-23-18;20-10-17-12-5-3-4-11(8-12)9-15-13-6-1-2-7-14(13)16(21)19-18-15;16-11-5-3-4-10(8-11)9-14-12-6-1-2-7-13(12)15(19)18-17-14;1-5-11-7(10)8(2,3)6-9-4;/h5-12H,4,13-14H2,1-3H3,(H,27,28)(H2,24,25,30);4-11H,12-13H2,1-3H3,(H,24,27);1-8H,9H2,(H,19,21);1-8H,9,16H2,(H,18,19);9H,5-6H2,1-4H3;1H4. The normalized spacial score (nSPS) is 12.2. The van der Waals surface area contributed by atoms with Crippen LogP contribution >= 0.6 is 0 Å². The summed E-state index contributed by atoms with van der Waals surface area (Å²) in [5, 5.41) is 41.0. The summed E-state index contributed by atoms with van der Waals surface area (Å²) in [7, 11) is 3.52. The van der Waals surface area contributed by atoms with Crippen molar-refractivity contribution in [1.82, 2.24) is 56.3 Å². The van der Waals surface area contributed by atoms with Crippen molar-refractivity contribution in [2.24, 2.45) is 21.2 Å². The largest absolute Gasteiger partial charge is 0.466 e. The fourth-order valence-electron chi connectivity index (χ4n) is 12.3. The van der Waals surface area contributed by atoms with Crippen molar-refractivity contribution in [3.63, 3.8) is 0 Å². The van der Waals surface area contributed by atoms with Crippen LogP contribution in [-0.2, 0) is 54.3 Å². The molecule has 0 atom stereocenters. The maximum atomic E-state index is 12.9. The molecule has 27 nitrogen and oxygen atoms in total. The first-order valence-corrected chi connectivity index (χ1v) is 35.8. The number of urea groups is 2. The van der Waals surface area contributed by atoms with Crippen molar-refractivity contribution in [2.45, 2.75) is 88.5 Å². The van der Waals surface area contributed by atoms with Gasteiger partial charge in [-0.05, 0) is 157 Å². The van der Waals surface area contributed by atoms with E-state index >= 15 is 0 Å². The molecule has 5 amide bonds. The highest BCUT2D eigenvalue weighted by Crippen LogP contribution is 2.32. The van der Waals surface area contributed by atoms with Gasteiger partial charge >= 0.3 is 24.0 Å². The Labute approximate surface area is 646 Å². The van der Waals surface area contributed by atoms with Gasteiger partial charge in [0.25, 0.3) is 22.2 Å². The number of hydrogen-bond acceptors (Lipinski definition) is 19. The number of carbonyl (C=O) groups excluding carboxylic acids is 6. The maximum absolute atomic E-state index is 12.9. The number of aromatic amines is 4. The summed E-state index contributed by atoms with van der Waals surface area (Å²) in [5.74, 6) is -0.724. The zero-order valence-electron chi connectivity index (χ0n) is 63.4. The number of fused-ring (bicyclic) bond motifs is 4. The summed E-state index contributed by atoms with van der Waals surface area (Å²) in [6.07, 6.45) is 3.66. The number of nitrogens with two attached hydrogens (primary N) is 1. The molecule has 0 unspecified atom stereocenters. The SMILES string of the molecule is C.CCOC(=O)C(C)(C)CNC.CCOC(=O)C(C)(C)CNC(=O)Nc1cccc(Cc2n[nH]c(=O)c3ccccc23)c1.CN1CC(C)(C)C(=O)N(c2cccc(Cc3n[nH]c(=O)c4ccccc34)c2)C1=O.Nc1cccc(Cc2n[nH]c(=O)c3ccccc23)c1.O=C=Nc1cccc(Cc2n[nH]c(=O)c3ccccc23)c1. The highest BCUT2D eigenvalue weighted by molar-refractivity contribution is 6.17. The predicted octanol–water partition coefficient (Wildman–Crippen LogP) is 12.2. The molecule has 12 aromatic rings. The number of ether oxygens (including phenoxy) is 2. The lowest BCUT2D eigenvalue weighted by Crippen LogP contribution is -2.59. The number of hydrogen-bond donors (Lipinski definition) is 8. The number of isocyanates is 1. The monoisotopic (exact) mass is 1520 g/mol. The fraction of sp³-hybridized carbons (Fsp3) is 0.271. The molecule has 0 saturated carbocycles. The highest BCUT2D eigenvalue weighted by Gasteiger charge is 2.44. The average molecular weight is 1520 g/mol. The van der Waals surface area contributed by atoms with E-state index in [1.165, 1.54) is 11.0 Å². The smallest absolute Gasteiger partial charge is 0.331 e. The number of carbonyl (C=O) groups is 5. The number of nitrogens with zero attached hydrogens (tertiary/aromatic N) is 7. The number of nitrogen functional groups attached to an aromatic ring is 1. The topological polar surface area (TPSA) is 385 Å². The molecule has 1 fully saturated rings. The van der Waals surface area contributed by atoms with Crippen LogP contribution in [0.25, 0.3) is 43.1 Å². The van der Waals surface area contributed by atoms with Gasteiger partial charge in [0.2, 0.25) is 12.0 Å². The average Bonchev–Trinajstić information content (AvgIpc) is 0.767. The lowest BCUT2D eigenvalue weighted by Gasteiger charge is -2.40. The first-order chi connectivity index (χ1) is 53.1. The molecule has 0 bridgehead atoms. The van der Waals surface area contributed by atoms with Gasteiger partial charge in [0.15, 0.2) is 0 Å². The van der Waals surface area contributed by atoms with E-state index in [1.54, 1.807) is 81.2 Å². The molecule has 580 valence electrons. The number of rotatable bonds is 19. The lowest BCUT2D eigenvalue weighted by molar-refractivity contribution is -0.153. The molecular formula is C85H93N15O12. The molecule has 1 aliphatic heterocycles. The van der Waals surface area contributed by atoms with E-state index in [2.05, 4.69) is 61.7 Å². The Morgan fingerprint density at radius 2 is 0.893 bits per heavy atom. The zero-order valence-corrected chi connectivity index (χ0v) is 63.4. The van der Waals surface area contributed by atoms with E-state index in [0.717, 1.165) is 72.3 Å². The highest BCUT2D eigenvalue weighted by atomic mass is 16.5. The van der Waals surface area contributed by atoms with Crippen molar-refractivity contribution in [3.05, 3.63) is 281 Å². The predicted molar refractivity (Wildman–Crippen MR) is 436 cm³/mol. The Hall–Kier alpha value is -13.4. The molecule has 112 heavy (non-hydrogen) atoms. The van der Waals surface area contributed by atoms with Crippen LogP contribution in [0.5, 0.6) is 0 Å². The summed E-state index contributed by atoms with van der Waals surface area (Å²) in [5.41, 5.74) is 12.4. The van der Waals surface area contributed by atoms with E-state index in [9.17, 15) is 47.9 Å². The minimum absolute atomic E-state index is 0. The number of amides is 5. The molecule has 5 heterocycles.